The maximum absolute atomic E-state index is 9.71. The van der Waals surface area contributed by atoms with Gasteiger partial charge in [0.05, 0.1) is 11.3 Å². The first-order chi connectivity index (χ1) is 14.6. The van der Waals surface area contributed by atoms with E-state index in [1.165, 1.54) is 11.1 Å². The second-order valence-electron chi connectivity index (χ2n) is 7.81. The van der Waals surface area contributed by atoms with Gasteiger partial charge in [-0.2, -0.15) is 5.26 Å². The van der Waals surface area contributed by atoms with Crippen LogP contribution in [0.1, 0.15) is 40.9 Å². The zero-order chi connectivity index (χ0) is 20.8. The number of benzene rings is 1. The molecule has 3 heterocycles. The van der Waals surface area contributed by atoms with Crippen molar-refractivity contribution >= 4 is 5.57 Å². The second-order valence-corrected chi connectivity index (χ2v) is 7.81. The molecule has 6 nitrogen and oxygen atoms in total. The van der Waals surface area contributed by atoms with Crippen LogP contribution in [0, 0.1) is 18.3 Å². The average molecular weight is 398 g/mol. The number of aryl methyl sites for hydroxylation is 2. The van der Waals surface area contributed by atoms with Gasteiger partial charge in [0.15, 0.2) is 0 Å². The van der Waals surface area contributed by atoms with Crippen LogP contribution in [0.5, 0.6) is 11.6 Å². The maximum Gasteiger partial charge on any atom is 0.242 e. The zero-order valence-corrected chi connectivity index (χ0v) is 17.3. The molecule has 1 aliphatic carbocycles. The molecule has 150 valence electrons. The van der Waals surface area contributed by atoms with Crippen molar-refractivity contribution in [3.63, 3.8) is 0 Å². The number of rotatable bonds is 0. The van der Waals surface area contributed by atoms with Crippen LogP contribution in [0.3, 0.4) is 0 Å². The number of nitriles is 1. The molecule has 2 aromatic heterocycles. The summed E-state index contributed by atoms with van der Waals surface area (Å²) in [5.74, 6) is 1.45. The molecule has 3 aromatic rings. The summed E-state index contributed by atoms with van der Waals surface area (Å²) < 4.78 is 13.6. The van der Waals surface area contributed by atoms with Crippen molar-refractivity contribution in [3.8, 4) is 28.8 Å². The van der Waals surface area contributed by atoms with Crippen molar-refractivity contribution in [2.24, 2.45) is 7.05 Å². The summed E-state index contributed by atoms with van der Waals surface area (Å²) >= 11 is 0. The fraction of sp³-hybridized carbons (Fsp3) is 0.292. The molecule has 6 heteroatoms. The Kier molecular flexibility index (Phi) is 4.32. The predicted molar refractivity (Wildman–Crippen MR) is 113 cm³/mol. The minimum absolute atomic E-state index is 0.156. The van der Waals surface area contributed by atoms with E-state index in [-0.39, 0.29) is 5.92 Å². The van der Waals surface area contributed by atoms with Gasteiger partial charge in [-0.15, -0.1) is 5.10 Å². The Hall–Kier alpha value is -3.59. The van der Waals surface area contributed by atoms with E-state index in [0.717, 1.165) is 34.6 Å². The summed E-state index contributed by atoms with van der Waals surface area (Å²) in [6.45, 7) is 5.03. The molecule has 1 atom stereocenters. The minimum Gasteiger partial charge on any atom is -0.490 e. The molecule has 5 rings (SSSR count). The van der Waals surface area contributed by atoms with Gasteiger partial charge in [-0.05, 0) is 24.6 Å². The molecule has 0 amide bonds. The highest BCUT2D eigenvalue weighted by Crippen LogP contribution is 2.43. The molecule has 0 radical (unpaired) electrons. The number of nitrogens with zero attached hydrogens (tertiary/aromatic N) is 4. The van der Waals surface area contributed by atoms with Gasteiger partial charge in [0.1, 0.15) is 30.7 Å². The Labute approximate surface area is 175 Å². The van der Waals surface area contributed by atoms with E-state index in [4.69, 9.17) is 14.5 Å². The Morgan fingerprint density at radius 2 is 2.03 bits per heavy atom. The highest BCUT2D eigenvalue weighted by Gasteiger charge is 2.27. The van der Waals surface area contributed by atoms with E-state index in [9.17, 15) is 5.26 Å². The van der Waals surface area contributed by atoms with Crippen molar-refractivity contribution in [2.75, 3.05) is 13.2 Å². The Bertz CT molecular complexity index is 1230. The fourth-order valence-electron chi connectivity index (χ4n) is 4.35. The van der Waals surface area contributed by atoms with E-state index < -0.39 is 0 Å². The van der Waals surface area contributed by atoms with Crippen LogP contribution in [0.4, 0.5) is 0 Å². The first kappa shape index (κ1) is 18.4. The first-order valence-electron chi connectivity index (χ1n) is 10.1. The number of hydrogen-bond acceptors (Lipinski definition) is 5. The summed E-state index contributed by atoms with van der Waals surface area (Å²) in [5, 5.41) is 14.1. The summed E-state index contributed by atoms with van der Waals surface area (Å²) in [4.78, 5) is 4.72. The molecule has 1 aliphatic heterocycles. The molecule has 1 aromatic carbocycles. The van der Waals surface area contributed by atoms with E-state index >= 15 is 0 Å². The second kappa shape index (κ2) is 7.03. The van der Waals surface area contributed by atoms with Crippen LogP contribution in [-0.4, -0.2) is 28.0 Å². The third kappa shape index (κ3) is 2.86. The lowest BCUT2D eigenvalue weighted by Crippen LogP contribution is -2.11. The van der Waals surface area contributed by atoms with Gasteiger partial charge >= 0.3 is 0 Å². The van der Waals surface area contributed by atoms with Crippen LogP contribution in [-0.2, 0) is 13.5 Å². The largest absolute Gasteiger partial charge is 0.490 e. The van der Waals surface area contributed by atoms with Crippen molar-refractivity contribution in [1.29, 1.82) is 5.26 Å². The summed E-state index contributed by atoms with van der Waals surface area (Å²) in [5.41, 5.74) is 7.75. The van der Waals surface area contributed by atoms with Gasteiger partial charge in [0.2, 0.25) is 5.88 Å². The number of allylic oxidation sites excluding steroid dienone is 2. The highest BCUT2D eigenvalue weighted by molar-refractivity contribution is 5.82. The fourth-order valence-corrected chi connectivity index (χ4v) is 4.35. The van der Waals surface area contributed by atoms with Crippen LogP contribution in [0.25, 0.3) is 16.7 Å². The molecule has 2 bridgehead atoms. The number of aromatic nitrogens is 3. The van der Waals surface area contributed by atoms with Crippen molar-refractivity contribution in [1.82, 2.24) is 14.8 Å². The summed E-state index contributed by atoms with van der Waals surface area (Å²) in [7, 11) is 1.75. The number of ether oxygens (including phenoxy) is 2. The minimum atomic E-state index is 0.156. The van der Waals surface area contributed by atoms with Crippen LogP contribution in [0.15, 0.2) is 36.5 Å². The third-order valence-corrected chi connectivity index (χ3v) is 5.88. The lowest BCUT2D eigenvalue weighted by atomic mass is 9.88. The van der Waals surface area contributed by atoms with E-state index in [1.54, 1.807) is 11.7 Å². The topological polar surface area (TPSA) is 73.0 Å². The van der Waals surface area contributed by atoms with Crippen molar-refractivity contribution in [3.05, 3.63) is 64.6 Å². The molecule has 2 aliphatic rings. The highest BCUT2D eigenvalue weighted by atomic mass is 16.5. The number of pyridine rings is 1. The maximum atomic E-state index is 9.71. The predicted octanol–water partition coefficient (Wildman–Crippen LogP) is 4.18. The van der Waals surface area contributed by atoms with E-state index in [1.807, 2.05) is 12.3 Å². The van der Waals surface area contributed by atoms with Gasteiger partial charge in [0.25, 0.3) is 0 Å². The first-order valence-corrected chi connectivity index (χ1v) is 10.1. The van der Waals surface area contributed by atoms with Crippen LogP contribution < -0.4 is 9.47 Å². The molecule has 0 saturated heterocycles. The van der Waals surface area contributed by atoms with E-state index in [0.29, 0.717) is 30.4 Å². The van der Waals surface area contributed by atoms with Crippen molar-refractivity contribution < 1.29 is 9.47 Å². The smallest absolute Gasteiger partial charge is 0.242 e. The molecule has 0 unspecified atom stereocenters. The quantitative estimate of drug-likeness (QED) is 0.568. The van der Waals surface area contributed by atoms with Gasteiger partial charge in [-0.1, -0.05) is 30.7 Å². The van der Waals surface area contributed by atoms with Gasteiger partial charge in [0, 0.05) is 42.3 Å². The third-order valence-electron chi connectivity index (χ3n) is 5.88. The molecular weight excluding hydrogens is 376 g/mol. The lowest BCUT2D eigenvalue weighted by molar-refractivity contribution is 0.210. The monoisotopic (exact) mass is 398 g/mol. The summed E-state index contributed by atoms with van der Waals surface area (Å²) in [6, 6.07) is 10.7. The molecule has 0 spiro atoms. The average Bonchev–Trinajstić information content (AvgIpc) is 3.30. The standard InChI is InChI=1S/C24H22N4O2/c1-14-4-7-22-18(10-14)15(2)17-5-6-20-19(17)11-16(13-26-20)23-21(12-25)28(3)27-24(23)30-9-8-29-22/h4-5,7,10-11,13,15H,6,8-9H2,1-3H3/t15-/m0/s1. The Morgan fingerprint density at radius 1 is 1.20 bits per heavy atom. The molecular formula is C24H22N4O2. The van der Waals surface area contributed by atoms with Gasteiger partial charge in [-0.25, -0.2) is 0 Å². The Morgan fingerprint density at radius 3 is 2.87 bits per heavy atom. The van der Waals surface area contributed by atoms with Gasteiger partial charge in [-0.3, -0.25) is 9.67 Å². The molecule has 0 N–H and O–H groups in total. The molecule has 30 heavy (non-hydrogen) atoms. The SMILES string of the molecule is Cc1ccc2c(c1)[C@@H](C)C1=CCc3ncc(cc31)-c1c(nn(C)c1C#N)OCCO2. The van der Waals surface area contributed by atoms with Crippen LogP contribution in [0.2, 0.25) is 0 Å². The Balaban J connectivity index is 1.71. The molecule has 0 fully saturated rings. The normalized spacial score (nSPS) is 17.1. The van der Waals surface area contributed by atoms with Gasteiger partial charge < -0.3 is 9.47 Å². The van der Waals surface area contributed by atoms with E-state index in [2.05, 4.69) is 49.3 Å². The molecule has 0 saturated carbocycles. The van der Waals surface area contributed by atoms with Crippen molar-refractivity contribution in [2.45, 2.75) is 26.2 Å². The number of hydrogen-bond donors (Lipinski definition) is 0. The summed E-state index contributed by atoms with van der Waals surface area (Å²) in [6.07, 6.45) is 4.88. The zero-order valence-electron chi connectivity index (χ0n) is 17.3. The lowest BCUT2D eigenvalue weighted by Gasteiger charge is -2.20. The number of fused-ring (bicyclic) bond motifs is 4. The van der Waals surface area contributed by atoms with Crippen LogP contribution >= 0.6 is 0 Å².